The van der Waals surface area contributed by atoms with E-state index in [4.69, 9.17) is 4.74 Å². The second-order valence-corrected chi connectivity index (χ2v) is 5.29. The number of fused-ring (bicyclic) bond motifs is 1. The van der Waals surface area contributed by atoms with Crippen LogP contribution in [0.2, 0.25) is 0 Å². The molecule has 1 aromatic carbocycles. The lowest BCUT2D eigenvalue weighted by molar-refractivity contribution is -0.122. The van der Waals surface area contributed by atoms with Crippen LogP contribution >= 0.6 is 0 Å². The number of rotatable bonds is 5. The van der Waals surface area contributed by atoms with E-state index in [0.717, 1.165) is 30.6 Å². The molecule has 18 heavy (non-hydrogen) atoms. The molecule has 0 N–H and O–H groups in total. The first-order chi connectivity index (χ1) is 8.72. The molecule has 1 aliphatic rings. The van der Waals surface area contributed by atoms with Gasteiger partial charge in [-0.15, -0.1) is 0 Å². The smallest absolute Gasteiger partial charge is 0.140 e. The summed E-state index contributed by atoms with van der Waals surface area (Å²) in [5, 5.41) is 0. The van der Waals surface area contributed by atoms with Crippen molar-refractivity contribution >= 4 is 5.78 Å². The number of carbonyl (C=O) groups is 1. The van der Waals surface area contributed by atoms with Crippen molar-refractivity contribution in [1.82, 2.24) is 0 Å². The molecule has 0 saturated carbocycles. The van der Waals surface area contributed by atoms with Crippen LogP contribution in [0, 0.1) is 5.92 Å². The predicted octanol–water partition coefficient (Wildman–Crippen LogP) is 3.95. The first-order valence-electron chi connectivity index (χ1n) is 6.96. The topological polar surface area (TPSA) is 26.3 Å². The van der Waals surface area contributed by atoms with Gasteiger partial charge in [-0.25, -0.2) is 0 Å². The fourth-order valence-corrected chi connectivity index (χ4v) is 2.76. The van der Waals surface area contributed by atoms with E-state index >= 15 is 0 Å². The van der Waals surface area contributed by atoms with Crippen LogP contribution in [0.1, 0.15) is 51.0 Å². The van der Waals surface area contributed by atoms with Crippen molar-refractivity contribution in [1.29, 1.82) is 0 Å². The van der Waals surface area contributed by atoms with Crippen molar-refractivity contribution in [3.8, 4) is 5.75 Å². The summed E-state index contributed by atoms with van der Waals surface area (Å²) in [5.41, 5.74) is 1.08. The van der Waals surface area contributed by atoms with Crippen LogP contribution in [0.15, 0.2) is 24.3 Å². The van der Waals surface area contributed by atoms with E-state index in [-0.39, 0.29) is 5.92 Å². The Morgan fingerprint density at radius 1 is 1.44 bits per heavy atom. The maximum atomic E-state index is 12.4. The van der Waals surface area contributed by atoms with Crippen LogP contribution in [-0.2, 0) is 4.79 Å². The summed E-state index contributed by atoms with van der Waals surface area (Å²) >= 11 is 0. The molecule has 2 nitrogen and oxygen atoms in total. The molecule has 0 aliphatic carbocycles. The molecule has 0 saturated heterocycles. The molecule has 1 heterocycles. The Hall–Kier alpha value is -1.31. The van der Waals surface area contributed by atoms with Gasteiger partial charge in [0.15, 0.2) is 0 Å². The summed E-state index contributed by atoms with van der Waals surface area (Å²) < 4.78 is 5.60. The molecule has 0 spiro atoms. The lowest BCUT2D eigenvalue weighted by atomic mass is 9.85. The first-order valence-corrected chi connectivity index (χ1v) is 6.96. The molecule has 0 radical (unpaired) electrons. The largest absolute Gasteiger partial charge is 0.493 e. The maximum absolute atomic E-state index is 12.4. The summed E-state index contributed by atoms with van der Waals surface area (Å²) in [6.07, 6.45) is 3.82. The minimum Gasteiger partial charge on any atom is -0.493 e. The highest BCUT2D eigenvalue weighted by Gasteiger charge is 2.27. The van der Waals surface area contributed by atoms with Gasteiger partial charge in [-0.3, -0.25) is 4.79 Å². The number of Topliss-reactive ketones (excluding diaryl/α,β-unsaturated/α-hetero) is 1. The average Bonchev–Trinajstić information content (AvgIpc) is 2.38. The second kappa shape index (κ2) is 6.03. The zero-order valence-corrected chi connectivity index (χ0v) is 11.3. The lowest BCUT2D eigenvalue weighted by Gasteiger charge is -2.25. The normalized spacial score (nSPS) is 19.8. The number of ketones is 1. The summed E-state index contributed by atoms with van der Waals surface area (Å²) in [4.78, 5) is 12.4. The SMILES string of the molecule is CCCC(C)CC(=O)C1CCOc2ccccc21. The van der Waals surface area contributed by atoms with Crippen LogP contribution < -0.4 is 4.74 Å². The molecule has 98 valence electrons. The Morgan fingerprint density at radius 2 is 2.22 bits per heavy atom. The number of ether oxygens (including phenoxy) is 1. The van der Waals surface area contributed by atoms with Gasteiger partial charge in [0.1, 0.15) is 11.5 Å². The fraction of sp³-hybridized carbons (Fsp3) is 0.562. The molecule has 1 aromatic rings. The van der Waals surface area contributed by atoms with Crippen LogP contribution in [0.5, 0.6) is 5.75 Å². The average molecular weight is 246 g/mol. The molecule has 2 atom stereocenters. The maximum Gasteiger partial charge on any atom is 0.140 e. The van der Waals surface area contributed by atoms with Crippen molar-refractivity contribution in [2.24, 2.45) is 5.92 Å². The van der Waals surface area contributed by atoms with Crippen LogP contribution in [-0.4, -0.2) is 12.4 Å². The van der Waals surface area contributed by atoms with Crippen molar-refractivity contribution < 1.29 is 9.53 Å². The quantitative estimate of drug-likeness (QED) is 0.786. The van der Waals surface area contributed by atoms with Gasteiger partial charge >= 0.3 is 0 Å². The van der Waals surface area contributed by atoms with Crippen LogP contribution in [0.25, 0.3) is 0 Å². The number of carbonyl (C=O) groups excluding carboxylic acids is 1. The van der Waals surface area contributed by atoms with Crippen LogP contribution in [0.4, 0.5) is 0 Å². The Morgan fingerprint density at radius 3 is 3.00 bits per heavy atom. The monoisotopic (exact) mass is 246 g/mol. The van der Waals surface area contributed by atoms with E-state index in [1.54, 1.807) is 0 Å². The van der Waals surface area contributed by atoms with Gasteiger partial charge in [0.05, 0.1) is 6.61 Å². The minimum absolute atomic E-state index is 0.0502. The fourth-order valence-electron chi connectivity index (χ4n) is 2.76. The number of benzene rings is 1. The van der Waals surface area contributed by atoms with Crippen molar-refractivity contribution in [3.05, 3.63) is 29.8 Å². The predicted molar refractivity (Wildman–Crippen MR) is 73.0 cm³/mol. The van der Waals surface area contributed by atoms with Gasteiger partial charge in [-0.2, -0.15) is 0 Å². The molecule has 2 rings (SSSR count). The first kappa shape index (κ1) is 13.1. The summed E-state index contributed by atoms with van der Waals surface area (Å²) in [6.45, 7) is 5.01. The van der Waals surface area contributed by atoms with Gasteiger partial charge in [-0.1, -0.05) is 44.9 Å². The number of para-hydroxylation sites is 1. The Balaban J connectivity index is 2.08. The molecule has 1 aliphatic heterocycles. The van der Waals surface area contributed by atoms with Crippen LogP contribution in [0.3, 0.4) is 0 Å². The Bertz CT molecular complexity index is 411. The van der Waals surface area contributed by atoms with E-state index in [1.165, 1.54) is 0 Å². The molecule has 0 bridgehead atoms. The highest BCUT2D eigenvalue weighted by atomic mass is 16.5. The summed E-state index contributed by atoms with van der Waals surface area (Å²) in [6, 6.07) is 7.94. The van der Waals surface area contributed by atoms with Gasteiger partial charge in [0, 0.05) is 17.9 Å². The Kier molecular flexibility index (Phi) is 4.40. The van der Waals surface area contributed by atoms with Crippen molar-refractivity contribution in [3.63, 3.8) is 0 Å². The third-order valence-electron chi connectivity index (χ3n) is 3.68. The van der Waals surface area contributed by atoms with E-state index in [1.807, 2.05) is 24.3 Å². The van der Waals surface area contributed by atoms with E-state index in [0.29, 0.717) is 24.7 Å². The van der Waals surface area contributed by atoms with E-state index < -0.39 is 0 Å². The van der Waals surface area contributed by atoms with Crippen molar-refractivity contribution in [2.45, 2.75) is 45.4 Å². The number of hydrogen-bond donors (Lipinski definition) is 0. The highest BCUT2D eigenvalue weighted by molar-refractivity contribution is 5.86. The van der Waals surface area contributed by atoms with Gasteiger partial charge < -0.3 is 4.74 Å². The molecule has 2 unspecified atom stereocenters. The van der Waals surface area contributed by atoms with Gasteiger partial charge in [0.2, 0.25) is 0 Å². The summed E-state index contributed by atoms with van der Waals surface area (Å²) in [7, 11) is 0. The van der Waals surface area contributed by atoms with Gasteiger partial charge in [-0.05, 0) is 18.4 Å². The highest BCUT2D eigenvalue weighted by Crippen LogP contribution is 2.35. The lowest BCUT2D eigenvalue weighted by Crippen LogP contribution is -2.22. The molecule has 2 heteroatoms. The zero-order chi connectivity index (χ0) is 13.0. The van der Waals surface area contributed by atoms with E-state index in [9.17, 15) is 4.79 Å². The molecule has 0 fully saturated rings. The molecule has 0 aromatic heterocycles. The minimum atomic E-state index is 0.0502. The molecule has 0 amide bonds. The van der Waals surface area contributed by atoms with E-state index in [2.05, 4.69) is 13.8 Å². The Labute approximate surface area is 109 Å². The van der Waals surface area contributed by atoms with Crippen molar-refractivity contribution in [2.75, 3.05) is 6.61 Å². The molecular weight excluding hydrogens is 224 g/mol. The third-order valence-corrected chi connectivity index (χ3v) is 3.68. The van der Waals surface area contributed by atoms with Gasteiger partial charge in [0.25, 0.3) is 0 Å². The number of hydrogen-bond acceptors (Lipinski definition) is 2. The third kappa shape index (κ3) is 2.92. The second-order valence-electron chi connectivity index (χ2n) is 5.29. The zero-order valence-electron chi connectivity index (χ0n) is 11.3. The summed E-state index contributed by atoms with van der Waals surface area (Å²) in [5.74, 6) is 1.82. The standard InChI is InChI=1S/C16H22O2/c1-3-6-12(2)11-15(17)13-9-10-18-16-8-5-4-7-14(13)16/h4-5,7-8,12-13H,3,6,9-11H2,1-2H3. The molecular formula is C16H22O2.